The van der Waals surface area contributed by atoms with Gasteiger partial charge in [-0.25, -0.2) is 13.9 Å². The van der Waals surface area contributed by atoms with Crippen LogP contribution in [-0.2, 0) is 22.7 Å². The molecule has 0 radical (unpaired) electrons. The third-order valence-electron chi connectivity index (χ3n) is 6.19. The normalized spacial score (nSPS) is 25.2. The minimum Gasteiger partial charge on any atom is -0.388 e. The van der Waals surface area contributed by atoms with Crippen LogP contribution in [0.4, 0.5) is 5.82 Å². The fraction of sp³-hybridized carbons (Fsp3) is 0.810. The second-order valence-corrected chi connectivity index (χ2v) is 12.1. The molecule has 17 heteroatoms. The van der Waals surface area contributed by atoms with Crippen LogP contribution in [0.15, 0.2) is 17.1 Å². The topological polar surface area (TPSA) is 244 Å². The molecular weight excluding hydrogens is 548 g/mol. The summed E-state index contributed by atoms with van der Waals surface area (Å²) in [5.74, 6) is -0.0888. The van der Waals surface area contributed by atoms with Gasteiger partial charge >= 0.3 is 21.3 Å². The van der Waals surface area contributed by atoms with Crippen molar-refractivity contribution in [1.82, 2.24) is 9.55 Å². The summed E-state index contributed by atoms with van der Waals surface area (Å²) >= 11 is 0. The summed E-state index contributed by atoms with van der Waals surface area (Å²) in [6.45, 7) is 2.13. The summed E-state index contributed by atoms with van der Waals surface area (Å²) in [6, 6.07) is 1.25. The van der Waals surface area contributed by atoms with Crippen molar-refractivity contribution in [3.05, 3.63) is 22.7 Å². The van der Waals surface area contributed by atoms with Crippen LogP contribution in [-0.4, -0.2) is 70.1 Å². The van der Waals surface area contributed by atoms with Crippen molar-refractivity contribution >= 4 is 21.5 Å². The van der Waals surface area contributed by atoms with E-state index in [9.17, 15) is 34.1 Å². The van der Waals surface area contributed by atoms with E-state index in [2.05, 4.69) is 16.2 Å². The molecule has 0 aromatic carbocycles. The predicted molar refractivity (Wildman–Crippen MR) is 135 cm³/mol. The highest BCUT2D eigenvalue weighted by Gasteiger charge is 2.50. The first-order chi connectivity index (χ1) is 17.8. The Hall–Kier alpha value is -1.22. The van der Waals surface area contributed by atoms with Crippen molar-refractivity contribution < 1.29 is 52.7 Å². The maximum Gasteiger partial charge on any atom is 0.481 e. The number of anilines is 1. The second kappa shape index (κ2) is 15.0. The van der Waals surface area contributed by atoms with Crippen LogP contribution in [0, 0.1) is 0 Å². The SMILES string of the molecule is CCCCCCCCCCCC(OP(=O)(O)OP(=O)(O)O)C(O)[C@H]1O[C@@H](n2ccc(N)nc2=O)[C@H](O)[C@@H]1O. The van der Waals surface area contributed by atoms with Crippen LogP contribution in [0.1, 0.15) is 77.4 Å². The largest absolute Gasteiger partial charge is 0.481 e. The molecule has 1 aromatic heterocycles. The number of phosphoric ester groups is 1. The summed E-state index contributed by atoms with van der Waals surface area (Å²) in [5.41, 5.74) is 4.56. The van der Waals surface area contributed by atoms with Crippen molar-refractivity contribution in [3.63, 3.8) is 0 Å². The highest BCUT2D eigenvalue weighted by atomic mass is 31.3. The number of nitrogen functional groups attached to an aromatic ring is 1. The molecule has 2 rings (SSSR count). The monoisotopic (exact) mass is 587 g/mol. The second-order valence-electron chi connectivity index (χ2n) is 9.31. The predicted octanol–water partition coefficient (Wildman–Crippen LogP) is 1.32. The van der Waals surface area contributed by atoms with Crippen molar-refractivity contribution in [3.8, 4) is 0 Å². The minimum absolute atomic E-state index is 0.0667. The van der Waals surface area contributed by atoms with E-state index in [1.165, 1.54) is 25.1 Å². The Kier molecular flexibility index (Phi) is 13.0. The van der Waals surface area contributed by atoms with Crippen LogP contribution >= 0.6 is 15.6 Å². The summed E-state index contributed by atoms with van der Waals surface area (Å²) in [7, 11) is -10.8. The first-order valence-corrected chi connectivity index (χ1v) is 15.6. The number of ether oxygens (including phenoxy) is 1. The number of nitrogens with zero attached hydrogens (tertiary/aromatic N) is 2. The Balaban J connectivity index is 2.09. The molecule has 2 heterocycles. The lowest BCUT2D eigenvalue weighted by atomic mass is 9.97. The quantitative estimate of drug-likeness (QED) is 0.100. The first-order valence-electron chi connectivity index (χ1n) is 12.6. The lowest BCUT2D eigenvalue weighted by Gasteiger charge is -2.29. The molecule has 1 aliphatic rings. The smallest absolute Gasteiger partial charge is 0.388 e. The van der Waals surface area contributed by atoms with Crippen molar-refractivity contribution in [2.75, 3.05) is 5.73 Å². The Morgan fingerprint density at radius 1 is 1.05 bits per heavy atom. The number of rotatable bonds is 17. The van der Waals surface area contributed by atoms with Gasteiger partial charge in [0.05, 0.1) is 6.10 Å². The fourth-order valence-electron chi connectivity index (χ4n) is 4.30. The molecule has 0 bridgehead atoms. The zero-order chi connectivity index (χ0) is 28.5. The van der Waals surface area contributed by atoms with Gasteiger partial charge in [0, 0.05) is 6.20 Å². The standard InChI is InChI=1S/C21H39N3O12P2/c1-2-3-4-5-6-7-8-9-10-11-14(35-38(32,33)36-37(29,30)31)16(25)19-17(26)18(27)20(34-19)24-13-12-15(22)23-21(24)28/h12-14,16-20,25-27H,2-11H2,1H3,(H,32,33)(H2,22,23,28)(H2,29,30,31)/t14?,16?,17-,18+,19+,20+/m0/s1. The summed E-state index contributed by atoms with van der Waals surface area (Å²) < 4.78 is 38.4. The molecule has 1 saturated heterocycles. The Bertz CT molecular complexity index is 1020. The van der Waals surface area contributed by atoms with Gasteiger partial charge in [0.15, 0.2) is 6.23 Å². The number of aliphatic hydroxyl groups is 3. The van der Waals surface area contributed by atoms with E-state index in [0.717, 1.165) is 36.7 Å². The number of phosphoric acid groups is 2. The van der Waals surface area contributed by atoms with Gasteiger partial charge in [0.2, 0.25) is 0 Å². The van der Waals surface area contributed by atoms with Crippen LogP contribution in [0.25, 0.3) is 0 Å². The molecule has 7 atom stereocenters. The van der Waals surface area contributed by atoms with Gasteiger partial charge in [-0.3, -0.25) is 9.09 Å². The van der Waals surface area contributed by atoms with E-state index in [1.54, 1.807) is 0 Å². The Labute approximate surface area is 220 Å². The lowest BCUT2D eigenvalue weighted by Crippen LogP contribution is -2.45. The fourth-order valence-corrected chi connectivity index (χ4v) is 6.10. The Morgan fingerprint density at radius 2 is 1.63 bits per heavy atom. The van der Waals surface area contributed by atoms with Gasteiger partial charge in [0.25, 0.3) is 0 Å². The summed E-state index contributed by atoms with van der Waals surface area (Å²) in [4.78, 5) is 43.4. The zero-order valence-corrected chi connectivity index (χ0v) is 23.0. The number of hydrogen-bond acceptors (Lipinski definition) is 11. The molecule has 0 aliphatic carbocycles. The molecule has 3 unspecified atom stereocenters. The van der Waals surface area contributed by atoms with Gasteiger partial charge < -0.3 is 40.5 Å². The van der Waals surface area contributed by atoms with Gasteiger partial charge in [0.1, 0.15) is 30.2 Å². The molecule has 15 nitrogen and oxygen atoms in total. The molecule has 220 valence electrons. The average molecular weight is 588 g/mol. The van der Waals surface area contributed by atoms with Crippen LogP contribution in [0.3, 0.4) is 0 Å². The number of aliphatic hydroxyl groups excluding tert-OH is 3. The molecule has 0 amide bonds. The van der Waals surface area contributed by atoms with E-state index in [-0.39, 0.29) is 12.2 Å². The molecule has 1 fully saturated rings. The Morgan fingerprint density at radius 3 is 2.18 bits per heavy atom. The number of unbranched alkanes of at least 4 members (excludes halogenated alkanes) is 8. The average Bonchev–Trinajstić information content (AvgIpc) is 3.09. The third kappa shape index (κ3) is 10.4. The van der Waals surface area contributed by atoms with Crippen LogP contribution in [0.5, 0.6) is 0 Å². The van der Waals surface area contributed by atoms with Crippen LogP contribution in [0.2, 0.25) is 0 Å². The van der Waals surface area contributed by atoms with E-state index >= 15 is 0 Å². The number of aromatic nitrogens is 2. The number of hydrogen-bond donors (Lipinski definition) is 7. The van der Waals surface area contributed by atoms with Gasteiger partial charge in [-0.15, -0.1) is 0 Å². The molecule has 0 saturated carbocycles. The summed E-state index contributed by atoms with van der Waals surface area (Å²) in [5, 5.41) is 31.9. The highest BCUT2D eigenvalue weighted by Crippen LogP contribution is 2.58. The molecule has 38 heavy (non-hydrogen) atoms. The van der Waals surface area contributed by atoms with Gasteiger partial charge in [-0.2, -0.15) is 9.29 Å². The maximum atomic E-state index is 12.2. The molecule has 1 aromatic rings. The van der Waals surface area contributed by atoms with Crippen LogP contribution < -0.4 is 11.4 Å². The van der Waals surface area contributed by atoms with Crippen molar-refractivity contribution in [1.29, 1.82) is 0 Å². The first kappa shape index (κ1) is 33.0. The zero-order valence-electron chi connectivity index (χ0n) is 21.2. The molecular formula is C21H39N3O12P2. The van der Waals surface area contributed by atoms with E-state index < -0.39 is 58.1 Å². The summed E-state index contributed by atoms with van der Waals surface area (Å²) in [6.07, 6.45) is -0.358. The lowest BCUT2D eigenvalue weighted by molar-refractivity contribution is -0.120. The number of nitrogens with two attached hydrogens (primary N) is 1. The maximum absolute atomic E-state index is 12.2. The third-order valence-corrected chi connectivity index (χ3v) is 8.40. The van der Waals surface area contributed by atoms with Gasteiger partial charge in [-0.05, 0) is 12.5 Å². The highest BCUT2D eigenvalue weighted by molar-refractivity contribution is 7.60. The van der Waals surface area contributed by atoms with Crippen molar-refractivity contribution in [2.45, 2.75) is 108 Å². The van der Waals surface area contributed by atoms with E-state index in [4.69, 9.17) is 24.8 Å². The minimum atomic E-state index is -5.43. The molecule has 8 N–H and O–H groups in total. The van der Waals surface area contributed by atoms with Gasteiger partial charge in [-0.1, -0.05) is 64.7 Å². The molecule has 1 aliphatic heterocycles. The van der Waals surface area contributed by atoms with E-state index in [0.29, 0.717) is 12.8 Å². The van der Waals surface area contributed by atoms with Crippen molar-refractivity contribution in [2.24, 2.45) is 0 Å². The van der Waals surface area contributed by atoms with E-state index in [1.807, 2.05) is 0 Å². The molecule has 0 spiro atoms.